The summed E-state index contributed by atoms with van der Waals surface area (Å²) in [7, 11) is 0. The van der Waals surface area contributed by atoms with Gasteiger partial charge in [0.15, 0.2) is 5.82 Å². The van der Waals surface area contributed by atoms with E-state index in [1.54, 1.807) is 12.1 Å². The summed E-state index contributed by atoms with van der Waals surface area (Å²) in [6.45, 7) is 6.27. The van der Waals surface area contributed by atoms with E-state index >= 15 is 0 Å². The van der Waals surface area contributed by atoms with Gasteiger partial charge in [0.1, 0.15) is 5.82 Å². The molecule has 2 aromatic rings. The number of carbonyl (C=O) groups is 1. The molecule has 0 bridgehead atoms. The smallest absolute Gasteiger partial charge is 0.377 e. The highest BCUT2D eigenvalue weighted by atomic mass is 19.4. The van der Waals surface area contributed by atoms with E-state index in [0.29, 0.717) is 61.9 Å². The molecule has 8 nitrogen and oxygen atoms in total. The summed E-state index contributed by atoms with van der Waals surface area (Å²) in [4.78, 5) is 25.6. The number of hydrogen-bond donors (Lipinski definition) is 2. The Bertz CT molecular complexity index is 1190. The van der Waals surface area contributed by atoms with Crippen LogP contribution in [0.2, 0.25) is 0 Å². The number of fused-ring (bicyclic) bond motifs is 1. The third-order valence-corrected chi connectivity index (χ3v) is 8.37. The molecule has 0 radical (unpaired) electrons. The van der Waals surface area contributed by atoms with Crippen LogP contribution in [0.4, 0.5) is 29.5 Å². The van der Waals surface area contributed by atoms with Crippen molar-refractivity contribution < 1.29 is 22.7 Å². The minimum atomic E-state index is -4.27. The molecule has 1 saturated heterocycles. The van der Waals surface area contributed by atoms with Gasteiger partial charge in [-0.25, -0.2) is 14.8 Å². The average molecular weight is 561 g/mol. The van der Waals surface area contributed by atoms with Gasteiger partial charge in [0.05, 0.1) is 31.5 Å². The molecule has 40 heavy (non-hydrogen) atoms. The van der Waals surface area contributed by atoms with Gasteiger partial charge in [-0.05, 0) is 68.7 Å². The SMILES string of the molecule is CC1COCCN1c1nc(-c2ccc(NC(=O)NCCCC3(C)CCC3)cc2)nc2c1CCN(CC(F)(F)F)C2. The first kappa shape index (κ1) is 28.6. The molecule has 2 fully saturated rings. The topological polar surface area (TPSA) is 82.6 Å². The molecule has 11 heteroatoms. The third kappa shape index (κ3) is 7.04. The Kier molecular flexibility index (Phi) is 8.51. The summed E-state index contributed by atoms with van der Waals surface area (Å²) >= 11 is 0. The highest BCUT2D eigenvalue weighted by molar-refractivity contribution is 5.89. The number of nitrogens with one attached hydrogen (secondary N) is 2. The molecule has 0 spiro atoms. The standard InChI is InChI=1S/C29H39F3N6O2/c1-20-18-40-16-15-38(20)26-23-9-14-37(19-29(30,31)32)17-24(23)35-25(36-26)21-5-7-22(8-6-21)34-27(39)33-13-4-12-28(2)10-3-11-28/h5-8,20H,3-4,9-19H2,1-2H3,(H2,33,34,39). The molecule has 1 atom stereocenters. The molecule has 2 amide bonds. The first-order chi connectivity index (χ1) is 19.1. The number of urea groups is 1. The highest BCUT2D eigenvalue weighted by Crippen LogP contribution is 2.43. The molecule has 1 aromatic heterocycles. The van der Waals surface area contributed by atoms with Crippen LogP contribution in [0.1, 0.15) is 57.2 Å². The highest BCUT2D eigenvalue weighted by Gasteiger charge is 2.35. The summed E-state index contributed by atoms with van der Waals surface area (Å²) in [5, 5.41) is 5.79. The van der Waals surface area contributed by atoms with E-state index in [1.165, 1.54) is 24.2 Å². The van der Waals surface area contributed by atoms with Crippen LogP contribution in [-0.2, 0) is 17.7 Å². The van der Waals surface area contributed by atoms with Gasteiger partial charge in [-0.2, -0.15) is 13.2 Å². The molecule has 3 aliphatic rings. The third-order valence-electron chi connectivity index (χ3n) is 8.37. The van der Waals surface area contributed by atoms with E-state index in [-0.39, 0.29) is 18.6 Å². The number of halogens is 3. The first-order valence-electron chi connectivity index (χ1n) is 14.3. The Morgan fingerprint density at radius 2 is 1.95 bits per heavy atom. The maximum atomic E-state index is 13.1. The number of morpholine rings is 1. The van der Waals surface area contributed by atoms with E-state index in [9.17, 15) is 18.0 Å². The monoisotopic (exact) mass is 560 g/mol. The van der Waals surface area contributed by atoms with Crippen LogP contribution >= 0.6 is 0 Å². The van der Waals surface area contributed by atoms with Crippen molar-refractivity contribution in [1.29, 1.82) is 0 Å². The van der Waals surface area contributed by atoms with Gasteiger partial charge in [-0.15, -0.1) is 0 Å². The van der Waals surface area contributed by atoms with Gasteiger partial charge < -0.3 is 20.3 Å². The van der Waals surface area contributed by atoms with Crippen LogP contribution in [0.3, 0.4) is 0 Å². The van der Waals surface area contributed by atoms with Crippen LogP contribution in [0.15, 0.2) is 24.3 Å². The lowest BCUT2D eigenvalue weighted by Crippen LogP contribution is -2.46. The fourth-order valence-corrected chi connectivity index (χ4v) is 5.89. The van der Waals surface area contributed by atoms with Crippen molar-refractivity contribution >= 4 is 17.5 Å². The first-order valence-corrected chi connectivity index (χ1v) is 14.3. The lowest BCUT2D eigenvalue weighted by molar-refractivity contribution is -0.147. The predicted octanol–water partition coefficient (Wildman–Crippen LogP) is 5.38. The Morgan fingerprint density at radius 1 is 1.18 bits per heavy atom. The van der Waals surface area contributed by atoms with Gasteiger partial charge in [-0.1, -0.05) is 13.3 Å². The average Bonchev–Trinajstić information content (AvgIpc) is 2.89. The summed E-state index contributed by atoms with van der Waals surface area (Å²) < 4.78 is 45.0. The van der Waals surface area contributed by atoms with Crippen LogP contribution in [0, 0.1) is 5.41 Å². The minimum Gasteiger partial charge on any atom is -0.377 e. The second-order valence-corrected chi connectivity index (χ2v) is 11.7. The van der Waals surface area contributed by atoms with Crippen LogP contribution < -0.4 is 15.5 Å². The lowest BCUT2D eigenvalue weighted by atomic mass is 9.68. The molecule has 2 N–H and O–H groups in total. The Hall–Kier alpha value is -2.92. The number of benzene rings is 1. The van der Waals surface area contributed by atoms with E-state index < -0.39 is 12.7 Å². The Labute approximate surface area is 233 Å². The summed E-state index contributed by atoms with van der Waals surface area (Å²) in [5.74, 6) is 1.24. The Morgan fingerprint density at radius 3 is 2.62 bits per heavy atom. The summed E-state index contributed by atoms with van der Waals surface area (Å²) in [5.41, 5.74) is 3.37. The molecule has 1 aliphatic carbocycles. The van der Waals surface area contributed by atoms with E-state index in [2.05, 4.69) is 29.4 Å². The molecule has 1 saturated carbocycles. The number of alkyl halides is 3. The largest absolute Gasteiger partial charge is 0.401 e. The van der Waals surface area contributed by atoms with E-state index in [0.717, 1.165) is 29.8 Å². The number of rotatable bonds is 8. The van der Waals surface area contributed by atoms with Crippen molar-refractivity contribution in [2.75, 3.05) is 49.6 Å². The van der Waals surface area contributed by atoms with Crippen molar-refractivity contribution in [1.82, 2.24) is 20.2 Å². The van der Waals surface area contributed by atoms with Gasteiger partial charge >= 0.3 is 12.2 Å². The van der Waals surface area contributed by atoms with Crippen molar-refractivity contribution in [3.63, 3.8) is 0 Å². The van der Waals surface area contributed by atoms with Gasteiger partial charge in [0.2, 0.25) is 0 Å². The van der Waals surface area contributed by atoms with Crippen molar-refractivity contribution in [2.45, 2.75) is 71.1 Å². The Balaban J connectivity index is 1.29. The van der Waals surface area contributed by atoms with E-state index in [1.807, 2.05) is 12.1 Å². The minimum absolute atomic E-state index is 0.0930. The van der Waals surface area contributed by atoms with Gasteiger partial charge in [-0.3, -0.25) is 4.90 Å². The number of nitrogens with zero attached hydrogens (tertiary/aromatic N) is 4. The maximum Gasteiger partial charge on any atom is 0.401 e. The van der Waals surface area contributed by atoms with Crippen LogP contribution in [0.25, 0.3) is 11.4 Å². The van der Waals surface area contributed by atoms with Crippen LogP contribution in [-0.4, -0.2) is 72.5 Å². The summed E-state index contributed by atoms with van der Waals surface area (Å²) in [6.07, 6.45) is 2.14. The number of hydrogen-bond acceptors (Lipinski definition) is 6. The molecular formula is C29H39F3N6O2. The number of anilines is 2. The summed E-state index contributed by atoms with van der Waals surface area (Å²) in [6, 6.07) is 7.09. The number of ether oxygens (including phenoxy) is 1. The fourth-order valence-electron chi connectivity index (χ4n) is 5.89. The van der Waals surface area contributed by atoms with Crippen molar-refractivity contribution in [2.24, 2.45) is 5.41 Å². The number of amides is 2. The fraction of sp³-hybridized carbons (Fsp3) is 0.621. The zero-order chi connectivity index (χ0) is 28.3. The van der Waals surface area contributed by atoms with E-state index in [4.69, 9.17) is 14.7 Å². The molecular weight excluding hydrogens is 521 g/mol. The molecule has 5 rings (SSSR count). The number of carbonyl (C=O) groups excluding carboxylic acids is 1. The molecule has 1 aromatic carbocycles. The van der Waals surface area contributed by atoms with Crippen molar-refractivity contribution in [3.8, 4) is 11.4 Å². The second kappa shape index (κ2) is 11.9. The zero-order valence-electron chi connectivity index (χ0n) is 23.3. The predicted molar refractivity (Wildman–Crippen MR) is 148 cm³/mol. The molecule has 218 valence electrons. The van der Waals surface area contributed by atoms with Crippen molar-refractivity contribution in [3.05, 3.63) is 35.5 Å². The van der Waals surface area contributed by atoms with Gasteiger partial charge in [0, 0.05) is 43.0 Å². The molecule has 1 unspecified atom stereocenters. The molecule has 2 aliphatic heterocycles. The normalized spacial score (nSPS) is 20.9. The van der Waals surface area contributed by atoms with Gasteiger partial charge in [0.25, 0.3) is 0 Å². The van der Waals surface area contributed by atoms with Crippen LogP contribution in [0.5, 0.6) is 0 Å². The zero-order valence-corrected chi connectivity index (χ0v) is 23.3. The second-order valence-electron chi connectivity index (χ2n) is 11.7. The quantitative estimate of drug-likeness (QED) is 0.422. The maximum absolute atomic E-state index is 13.1. The number of aromatic nitrogens is 2. The lowest BCUT2D eigenvalue weighted by Gasteiger charge is -2.38. The molecule has 3 heterocycles.